The van der Waals surface area contributed by atoms with Gasteiger partial charge in [0.15, 0.2) is 0 Å². The molecule has 0 radical (unpaired) electrons. The van der Waals surface area contributed by atoms with E-state index in [0.29, 0.717) is 0 Å². The summed E-state index contributed by atoms with van der Waals surface area (Å²) in [6, 6.07) is -1.26. The maximum Gasteiger partial charge on any atom is 0.0996 e. The molecule has 0 aliphatic carbocycles. The second-order valence-electron chi connectivity index (χ2n) is 3.98. The summed E-state index contributed by atoms with van der Waals surface area (Å²) in [7, 11) is 0. The van der Waals surface area contributed by atoms with Gasteiger partial charge in [0.1, 0.15) is 0 Å². The van der Waals surface area contributed by atoms with E-state index in [-0.39, 0.29) is 13.2 Å². The third kappa shape index (κ3) is 1.19. The van der Waals surface area contributed by atoms with E-state index in [1.807, 2.05) is 0 Å². The lowest BCUT2D eigenvalue weighted by Crippen LogP contribution is -2.41. The summed E-state index contributed by atoms with van der Waals surface area (Å²) >= 11 is 0. The lowest BCUT2D eigenvalue weighted by molar-refractivity contribution is -0.0268. The first-order valence-corrected chi connectivity index (χ1v) is 4.66. The fourth-order valence-corrected chi connectivity index (χ4v) is 2.46. The van der Waals surface area contributed by atoms with Gasteiger partial charge < -0.3 is 25.5 Å². The molecule has 6 atom stereocenters. The Morgan fingerprint density at radius 1 is 1.00 bits per heavy atom. The highest BCUT2D eigenvalue weighted by Gasteiger charge is 2.56. The first kappa shape index (κ1) is 10.3. The molecule has 2 aliphatic heterocycles. The second-order valence-corrected chi connectivity index (χ2v) is 3.98. The molecule has 5 N–H and O–H groups in total. The zero-order chi connectivity index (χ0) is 10.5. The number of hydrogen-bond donors (Lipinski definition) is 5. The average Bonchev–Trinajstić information content (AvgIpc) is 2.54. The molecule has 2 saturated heterocycles. The van der Waals surface area contributed by atoms with Crippen LogP contribution in [0, 0.1) is 0 Å². The Balaban J connectivity index is 2.21. The third-order valence-electron chi connectivity index (χ3n) is 3.23. The smallest absolute Gasteiger partial charge is 0.0996 e. The number of fused-ring (bicyclic) bond motifs is 1. The maximum absolute atomic E-state index is 9.58. The van der Waals surface area contributed by atoms with E-state index in [1.165, 1.54) is 0 Å². The highest BCUT2D eigenvalue weighted by Crippen LogP contribution is 2.33. The highest BCUT2D eigenvalue weighted by atomic mass is 16.4. The van der Waals surface area contributed by atoms with Gasteiger partial charge >= 0.3 is 0 Å². The van der Waals surface area contributed by atoms with Gasteiger partial charge in [-0.2, -0.15) is 0 Å². The van der Waals surface area contributed by atoms with Crippen molar-refractivity contribution in [3.63, 3.8) is 0 Å². The molecule has 0 aromatic rings. The summed E-state index contributed by atoms with van der Waals surface area (Å²) in [6.07, 6.45) is -4.15. The predicted octanol–water partition coefficient (Wildman–Crippen LogP) is -3.51. The molecule has 14 heavy (non-hydrogen) atoms. The van der Waals surface area contributed by atoms with Gasteiger partial charge in [0.25, 0.3) is 0 Å². The Labute approximate surface area is 81.0 Å². The van der Waals surface area contributed by atoms with Crippen molar-refractivity contribution < 1.29 is 25.5 Å². The van der Waals surface area contributed by atoms with Crippen molar-refractivity contribution in [3.8, 4) is 0 Å². The Bertz CT molecular complexity index is 226. The van der Waals surface area contributed by atoms with E-state index < -0.39 is 36.5 Å². The van der Waals surface area contributed by atoms with Gasteiger partial charge in [0.2, 0.25) is 0 Å². The molecule has 2 fully saturated rings. The maximum atomic E-state index is 9.58. The number of aliphatic hydroxyl groups is 5. The van der Waals surface area contributed by atoms with E-state index >= 15 is 0 Å². The highest BCUT2D eigenvalue weighted by molar-refractivity contribution is 5.09. The van der Waals surface area contributed by atoms with Crippen molar-refractivity contribution in [3.05, 3.63) is 0 Å². The Morgan fingerprint density at radius 2 is 1.64 bits per heavy atom. The molecule has 0 amide bonds. The van der Waals surface area contributed by atoms with Crippen molar-refractivity contribution in [1.29, 1.82) is 0 Å². The fourth-order valence-electron chi connectivity index (χ4n) is 2.46. The summed E-state index contributed by atoms with van der Waals surface area (Å²) in [4.78, 5) is 1.56. The lowest BCUT2D eigenvalue weighted by Gasteiger charge is -2.22. The molecule has 2 rings (SSSR count). The Hall–Kier alpha value is -0.240. The van der Waals surface area contributed by atoms with Crippen LogP contribution >= 0.6 is 0 Å². The van der Waals surface area contributed by atoms with Gasteiger partial charge in [-0.25, -0.2) is 0 Å². The van der Waals surface area contributed by atoms with Gasteiger partial charge in [0, 0.05) is 6.54 Å². The second kappa shape index (κ2) is 3.41. The topological polar surface area (TPSA) is 104 Å². The summed E-state index contributed by atoms with van der Waals surface area (Å²) in [5.74, 6) is 0. The summed E-state index contributed by atoms with van der Waals surface area (Å²) in [6.45, 7) is -0.126. The monoisotopic (exact) mass is 205 g/mol. The van der Waals surface area contributed by atoms with Crippen LogP contribution in [0.4, 0.5) is 0 Å². The largest absolute Gasteiger partial charge is 0.395 e. The summed E-state index contributed by atoms with van der Waals surface area (Å²) in [5.41, 5.74) is 0. The molecular weight excluding hydrogens is 190 g/mol. The molecule has 6 nitrogen and oxygen atoms in total. The molecule has 0 unspecified atom stereocenters. The van der Waals surface area contributed by atoms with Gasteiger partial charge in [-0.15, -0.1) is 0 Å². The van der Waals surface area contributed by atoms with Crippen LogP contribution in [0.25, 0.3) is 0 Å². The van der Waals surface area contributed by atoms with Crippen LogP contribution in [0.5, 0.6) is 0 Å². The molecular formula is C8H15NO5. The van der Waals surface area contributed by atoms with E-state index in [4.69, 9.17) is 5.11 Å². The Kier molecular flexibility index (Phi) is 2.50. The molecule has 0 aromatic carbocycles. The van der Waals surface area contributed by atoms with Crippen LogP contribution < -0.4 is 0 Å². The van der Waals surface area contributed by atoms with Gasteiger partial charge in [-0.3, -0.25) is 4.90 Å². The SMILES string of the molecule is OC[C@H]1[C@@H](O)[C@H](O)[C@@H]2[C@@H](O)[C@@H](O)CN21. The number of nitrogens with zero attached hydrogens (tertiary/aromatic N) is 1. The third-order valence-corrected chi connectivity index (χ3v) is 3.23. The van der Waals surface area contributed by atoms with Crippen molar-refractivity contribution >= 4 is 0 Å². The van der Waals surface area contributed by atoms with Crippen molar-refractivity contribution in [1.82, 2.24) is 4.90 Å². The van der Waals surface area contributed by atoms with Crippen LogP contribution in [0.3, 0.4) is 0 Å². The summed E-state index contributed by atoms with van der Waals surface area (Å²) < 4.78 is 0. The molecule has 0 spiro atoms. The molecule has 0 bridgehead atoms. The minimum Gasteiger partial charge on any atom is -0.395 e. The van der Waals surface area contributed by atoms with E-state index in [1.54, 1.807) is 4.90 Å². The van der Waals surface area contributed by atoms with Crippen LogP contribution in [0.15, 0.2) is 0 Å². The molecule has 2 aliphatic rings. The van der Waals surface area contributed by atoms with E-state index in [9.17, 15) is 20.4 Å². The van der Waals surface area contributed by atoms with Crippen molar-refractivity contribution in [2.24, 2.45) is 0 Å². The average molecular weight is 205 g/mol. The Morgan fingerprint density at radius 3 is 2.21 bits per heavy atom. The molecule has 0 aromatic heterocycles. The standard InChI is InChI=1S/C8H15NO5/c10-2-3-6(12)8(14)5-7(13)4(11)1-9(3)5/h3-8,10-14H,1-2H2/t3-,4-,5-,6+,7-,8+/m0/s1. The van der Waals surface area contributed by atoms with Crippen LogP contribution in [-0.2, 0) is 0 Å². The number of rotatable bonds is 1. The van der Waals surface area contributed by atoms with E-state index in [0.717, 1.165) is 0 Å². The minimum absolute atomic E-state index is 0.172. The van der Waals surface area contributed by atoms with E-state index in [2.05, 4.69) is 0 Å². The molecule has 6 heteroatoms. The van der Waals surface area contributed by atoms with Crippen LogP contribution in [0.2, 0.25) is 0 Å². The molecule has 0 saturated carbocycles. The fraction of sp³-hybridized carbons (Fsp3) is 1.00. The number of hydrogen-bond acceptors (Lipinski definition) is 6. The zero-order valence-electron chi connectivity index (χ0n) is 7.56. The van der Waals surface area contributed by atoms with Gasteiger partial charge in [-0.05, 0) is 0 Å². The minimum atomic E-state index is -1.11. The normalized spacial score (nSPS) is 53.8. The quantitative estimate of drug-likeness (QED) is 0.304. The van der Waals surface area contributed by atoms with Crippen molar-refractivity contribution in [2.45, 2.75) is 36.5 Å². The lowest BCUT2D eigenvalue weighted by atomic mass is 10.0. The van der Waals surface area contributed by atoms with Crippen LogP contribution in [-0.4, -0.2) is 80.1 Å². The molecule has 82 valence electrons. The molecule has 2 heterocycles. The number of aliphatic hydroxyl groups excluding tert-OH is 5. The van der Waals surface area contributed by atoms with Crippen LogP contribution in [0.1, 0.15) is 0 Å². The van der Waals surface area contributed by atoms with Gasteiger partial charge in [-0.1, -0.05) is 0 Å². The van der Waals surface area contributed by atoms with Crippen molar-refractivity contribution in [2.75, 3.05) is 13.2 Å². The van der Waals surface area contributed by atoms with Gasteiger partial charge in [0.05, 0.1) is 43.1 Å². The predicted molar refractivity (Wildman–Crippen MR) is 45.4 cm³/mol. The first-order valence-electron chi connectivity index (χ1n) is 4.66. The summed E-state index contributed by atoms with van der Waals surface area (Å²) in [5, 5.41) is 47.0. The zero-order valence-corrected chi connectivity index (χ0v) is 7.56. The first-order chi connectivity index (χ1) is 6.57.